The molecule has 0 amide bonds. The van der Waals surface area contributed by atoms with E-state index in [1.807, 2.05) is 25.3 Å². The molecule has 26 heavy (non-hydrogen) atoms. The topological polar surface area (TPSA) is 41.0 Å². The van der Waals surface area contributed by atoms with Crippen molar-refractivity contribution in [3.8, 4) is 0 Å². The maximum atomic E-state index is 5.36. The molecule has 0 radical (unpaired) electrons. The molecule has 0 spiro atoms. The lowest BCUT2D eigenvalue weighted by Crippen LogP contribution is -2.47. The van der Waals surface area contributed by atoms with Crippen molar-refractivity contribution in [1.82, 2.24) is 9.88 Å². The highest BCUT2D eigenvalue weighted by molar-refractivity contribution is 6.00. The van der Waals surface area contributed by atoms with Gasteiger partial charge in [0.25, 0.3) is 0 Å². The van der Waals surface area contributed by atoms with Crippen molar-refractivity contribution in [1.29, 1.82) is 0 Å². The van der Waals surface area contributed by atoms with Crippen LogP contribution in [-0.2, 0) is 4.84 Å². The number of piperazine rings is 1. The van der Waals surface area contributed by atoms with Gasteiger partial charge in [-0.3, -0.25) is 4.90 Å². The molecule has 1 aliphatic rings. The number of hydrogen-bond acceptors (Lipinski definition) is 5. The predicted molar refractivity (Wildman–Crippen MR) is 107 cm³/mol. The molecule has 5 heteroatoms. The smallest absolute Gasteiger partial charge is 0.128 e. The van der Waals surface area contributed by atoms with Crippen molar-refractivity contribution in [3.05, 3.63) is 59.8 Å². The molecule has 0 unspecified atom stereocenters. The third-order valence-corrected chi connectivity index (χ3v) is 4.67. The summed E-state index contributed by atoms with van der Waals surface area (Å²) in [7, 11) is 0. The van der Waals surface area contributed by atoms with Crippen LogP contribution in [0, 0.1) is 6.92 Å². The molecule has 2 heterocycles. The molecule has 1 aromatic heterocycles. The number of anilines is 1. The van der Waals surface area contributed by atoms with Gasteiger partial charge in [0.15, 0.2) is 0 Å². The zero-order valence-corrected chi connectivity index (χ0v) is 15.8. The zero-order valence-electron chi connectivity index (χ0n) is 15.8. The first-order valence-electron chi connectivity index (χ1n) is 9.40. The van der Waals surface area contributed by atoms with Crippen molar-refractivity contribution in [2.45, 2.75) is 20.3 Å². The second kappa shape index (κ2) is 9.34. The van der Waals surface area contributed by atoms with Crippen LogP contribution in [0.5, 0.6) is 0 Å². The van der Waals surface area contributed by atoms with Crippen LogP contribution in [0.2, 0.25) is 0 Å². The average Bonchev–Trinajstić information content (AvgIpc) is 2.69. The van der Waals surface area contributed by atoms with Gasteiger partial charge >= 0.3 is 0 Å². The SMILES string of the molecule is CCON=C(CCN1CCN(c2ccccn2)CC1)c1cccc(C)c1. The van der Waals surface area contributed by atoms with E-state index < -0.39 is 0 Å². The Hall–Kier alpha value is -2.40. The number of benzene rings is 1. The number of aromatic nitrogens is 1. The Balaban J connectivity index is 1.55. The largest absolute Gasteiger partial charge is 0.396 e. The monoisotopic (exact) mass is 352 g/mol. The molecule has 0 bridgehead atoms. The second-order valence-electron chi connectivity index (χ2n) is 6.59. The average molecular weight is 352 g/mol. The highest BCUT2D eigenvalue weighted by Crippen LogP contribution is 2.14. The first kappa shape index (κ1) is 18.4. The van der Waals surface area contributed by atoms with Crippen LogP contribution < -0.4 is 4.90 Å². The molecular weight excluding hydrogens is 324 g/mol. The highest BCUT2D eigenvalue weighted by Gasteiger charge is 2.18. The predicted octanol–water partition coefficient (Wildman–Crippen LogP) is 3.34. The van der Waals surface area contributed by atoms with Crippen molar-refractivity contribution in [2.75, 3.05) is 44.2 Å². The number of pyridine rings is 1. The first-order valence-corrected chi connectivity index (χ1v) is 9.40. The fourth-order valence-electron chi connectivity index (χ4n) is 3.22. The lowest BCUT2D eigenvalue weighted by Gasteiger charge is -2.35. The van der Waals surface area contributed by atoms with Gasteiger partial charge in [0.2, 0.25) is 0 Å². The van der Waals surface area contributed by atoms with Gasteiger partial charge in [-0.05, 0) is 31.5 Å². The molecule has 0 saturated carbocycles. The molecule has 0 N–H and O–H groups in total. The molecule has 3 rings (SSSR count). The maximum absolute atomic E-state index is 5.36. The van der Waals surface area contributed by atoms with Gasteiger partial charge in [0.05, 0.1) is 5.71 Å². The summed E-state index contributed by atoms with van der Waals surface area (Å²) >= 11 is 0. The Kier molecular flexibility index (Phi) is 6.61. The van der Waals surface area contributed by atoms with E-state index in [1.54, 1.807) is 0 Å². The molecule has 138 valence electrons. The molecule has 0 atom stereocenters. The van der Waals surface area contributed by atoms with Gasteiger partial charge in [-0.15, -0.1) is 0 Å². The third-order valence-electron chi connectivity index (χ3n) is 4.67. The number of rotatable bonds is 7. The van der Waals surface area contributed by atoms with Crippen LogP contribution in [0.25, 0.3) is 0 Å². The molecular formula is C21H28N4O. The van der Waals surface area contributed by atoms with E-state index in [1.165, 1.54) is 5.56 Å². The van der Waals surface area contributed by atoms with E-state index in [2.05, 4.69) is 57.2 Å². The minimum Gasteiger partial charge on any atom is -0.396 e. The zero-order chi connectivity index (χ0) is 18.2. The minimum atomic E-state index is 0.595. The summed E-state index contributed by atoms with van der Waals surface area (Å²) in [5.41, 5.74) is 3.43. The van der Waals surface area contributed by atoms with E-state index in [4.69, 9.17) is 4.84 Å². The van der Waals surface area contributed by atoms with E-state index in [9.17, 15) is 0 Å². The molecule has 1 aliphatic heterocycles. The summed E-state index contributed by atoms with van der Waals surface area (Å²) in [5, 5.41) is 4.37. The van der Waals surface area contributed by atoms with Crippen molar-refractivity contribution >= 4 is 11.5 Å². The summed E-state index contributed by atoms with van der Waals surface area (Å²) < 4.78 is 0. The van der Waals surface area contributed by atoms with Crippen LogP contribution in [-0.4, -0.2) is 54.9 Å². The first-order chi connectivity index (χ1) is 12.8. The normalized spacial score (nSPS) is 15.9. The summed E-state index contributed by atoms with van der Waals surface area (Å²) in [5.74, 6) is 1.07. The van der Waals surface area contributed by atoms with Crippen molar-refractivity contribution in [2.24, 2.45) is 5.16 Å². The minimum absolute atomic E-state index is 0.595. The van der Waals surface area contributed by atoms with Gasteiger partial charge in [0, 0.05) is 45.3 Å². The Labute approximate surface area is 156 Å². The quantitative estimate of drug-likeness (QED) is 0.566. The van der Waals surface area contributed by atoms with E-state index in [0.29, 0.717) is 6.61 Å². The molecule has 1 aromatic carbocycles. The van der Waals surface area contributed by atoms with Gasteiger partial charge in [0.1, 0.15) is 12.4 Å². The van der Waals surface area contributed by atoms with Gasteiger partial charge in [-0.2, -0.15) is 0 Å². The fourth-order valence-corrected chi connectivity index (χ4v) is 3.22. The molecule has 5 nitrogen and oxygen atoms in total. The summed E-state index contributed by atoms with van der Waals surface area (Å²) in [6, 6.07) is 14.6. The third kappa shape index (κ3) is 5.05. The molecule has 1 saturated heterocycles. The Bertz CT molecular complexity index is 709. The number of oxime groups is 1. The second-order valence-corrected chi connectivity index (χ2v) is 6.59. The molecule has 1 fully saturated rings. The Morgan fingerprint density at radius 2 is 1.96 bits per heavy atom. The summed E-state index contributed by atoms with van der Waals surface area (Å²) in [6.07, 6.45) is 2.76. The molecule has 0 aliphatic carbocycles. The Morgan fingerprint density at radius 1 is 1.12 bits per heavy atom. The van der Waals surface area contributed by atoms with Gasteiger partial charge in [-0.1, -0.05) is 41.1 Å². The van der Waals surface area contributed by atoms with Crippen molar-refractivity contribution < 1.29 is 4.84 Å². The van der Waals surface area contributed by atoms with E-state index >= 15 is 0 Å². The number of aryl methyl sites for hydroxylation is 1. The van der Waals surface area contributed by atoms with Crippen LogP contribution in [0.15, 0.2) is 53.8 Å². The van der Waals surface area contributed by atoms with E-state index in [-0.39, 0.29) is 0 Å². The lowest BCUT2D eigenvalue weighted by molar-refractivity contribution is 0.157. The fraction of sp³-hybridized carbons (Fsp3) is 0.429. The van der Waals surface area contributed by atoms with Gasteiger partial charge in [-0.25, -0.2) is 4.98 Å². The van der Waals surface area contributed by atoms with E-state index in [0.717, 1.165) is 56.2 Å². The van der Waals surface area contributed by atoms with Crippen LogP contribution >= 0.6 is 0 Å². The van der Waals surface area contributed by atoms with Crippen molar-refractivity contribution in [3.63, 3.8) is 0 Å². The molecule has 2 aromatic rings. The number of nitrogens with zero attached hydrogens (tertiary/aromatic N) is 4. The van der Waals surface area contributed by atoms with Crippen LogP contribution in [0.1, 0.15) is 24.5 Å². The summed E-state index contributed by atoms with van der Waals surface area (Å²) in [6.45, 7) is 9.79. The standard InChI is InChI=1S/C21H28N4O/c1-3-26-23-20(19-8-6-7-18(2)17-19)10-12-24-13-15-25(16-14-24)21-9-4-5-11-22-21/h4-9,11,17H,3,10,12-16H2,1-2H3. The summed E-state index contributed by atoms with van der Waals surface area (Å²) in [4.78, 5) is 14.7. The number of hydrogen-bond donors (Lipinski definition) is 0. The maximum Gasteiger partial charge on any atom is 0.128 e. The lowest BCUT2D eigenvalue weighted by atomic mass is 10.0. The highest BCUT2D eigenvalue weighted by atomic mass is 16.6. The van der Waals surface area contributed by atoms with Gasteiger partial charge < -0.3 is 9.74 Å². The van der Waals surface area contributed by atoms with Crippen LogP contribution in [0.4, 0.5) is 5.82 Å². The van der Waals surface area contributed by atoms with Crippen LogP contribution in [0.3, 0.4) is 0 Å². The Morgan fingerprint density at radius 3 is 2.65 bits per heavy atom.